The Morgan fingerprint density at radius 2 is 2.18 bits per heavy atom. The van der Waals surface area contributed by atoms with E-state index in [2.05, 4.69) is 22.5 Å². The topological polar surface area (TPSA) is 44.4 Å². The van der Waals surface area contributed by atoms with E-state index < -0.39 is 0 Å². The number of nitrogens with one attached hydrogen (secondary N) is 2. The molecule has 2 aliphatic rings. The van der Waals surface area contributed by atoms with Crippen molar-refractivity contribution < 1.29 is 4.79 Å². The van der Waals surface area contributed by atoms with E-state index in [1.807, 2.05) is 0 Å². The zero-order chi connectivity index (χ0) is 12.1. The molecule has 4 heteroatoms. The number of carbonyl (C=O) groups is 1. The van der Waals surface area contributed by atoms with Gasteiger partial charge < -0.3 is 15.5 Å². The smallest absolute Gasteiger partial charge is 0.237 e. The molecule has 0 saturated carbocycles. The van der Waals surface area contributed by atoms with E-state index in [1.165, 1.54) is 25.9 Å². The maximum atomic E-state index is 11.8. The number of hydrogen-bond acceptors (Lipinski definition) is 3. The van der Waals surface area contributed by atoms with Crippen molar-refractivity contribution >= 4 is 5.91 Å². The van der Waals surface area contributed by atoms with Gasteiger partial charge in [0.25, 0.3) is 0 Å². The average molecular weight is 239 g/mol. The monoisotopic (exact) mass is 239 g/mol. The van der Waals surface area contributed by atoms with E-state index in [-0.39, 0.29) is 11.9 Å². The molecule has 2 heterocycles. The Labute approximate surface area is 104 Å². The summed E-state index contributed by atoms with van der Waals surface area (Å²) in [4.78, 5) is 14.3. The lowest BCUT2D eigenvalue weighted by Gasteiger charge is -2.21. The Morgan fingerprint density at radius 1 is 1.41 bits per heavy atom. The van der Waals surface area contributed by atoms with Gasteiger partial charge >= 0.3 is 0 Å². The van der Waals surface area contributed by atoms with E-state index in [9.17, 15) is 4.79 Å². The van der Waals surface area contributed by atoms with E-state index in [0.717, 1.165) is 32.5 Å². The van der Waals surface area contributed by atoms with Gasteiger partial charge in [-0.1, -0.05) is 6.92 Å². The highest BCUT2D eigenvalue weighted by atomic mass is 16.2. The Morgan fingerprint density at radius 3 is 2.82 bits per heavy atom. The third-order valence-electron chi connectivity index (χ3n) is 3.77. The molecule has 0 spiro atoms. The van der Waals surface area contributed by atoms with Crippen LogP contribution < -0.4 is 10.6 Å². The summed E-state index contributed by atoms with van der Waals surface area (Å²) in [6.45, 7) is 7.62. The molecule has 0 aromatic rings. The average Bonchev–Trinajstić information content (AvgIpc) is 2.97. The third kappa shape index (κ3) is 3.96. The Kier molecular flexibility index (Phi) is 4.80. The van der Waals surface area contributed by atoms with Gasteiger partial charge in [0.05, 0.1) is 6.04 Å². The maximum absolute atomic E-state index is 11.8. The highest BCUT2D eigenvalue weighted by molar-refractivity contribution is 5.81. The van der Waals surface area contributed by atoms with Crippen LogP contribution in [-0.4, -0.2) is 49.6 Å². The minimum Gasteiger partial charge on any atom is -0.354 e. The Balaban J connectivity index is 1.61. The third-order valence-corrected chi connectivity index (χ3v) is 3.77. The van der Waals surface area contributed by atoms with Crippen molar-refractivity contribution in [2.24, 2.45) is 5.92 Å². The second-order valence-corrected chi connectivity index (χ2v) is 5.51. The van der Waals surface area contributed by atoms with Gasteiger partial charge in [-0.3, -0.25) is 4.79 Å². The van der Waals surface area contributed by atoms with Crippen LogP contribution in [0.2, 0.25) is 0 Å². The summed E-state index contributed by atoms with van der Waals surface area (Å²) in [6.07, 6.45) is 4.80. The van der Waals surface area contributed by atoms with Gasteiger partial charge in [-0.2, -0.15) is 0 Å². The van der Waals surface area contributed by atoms with Gasteiger partial charge in [-0.25, -0.2) is 0 Å². The first-order chi connectivity index (χ1) is 8.25. The lowest BCUT2D eigenvalue weighted by atomic mass is 10.1. The Hall–Kier alpha value is -0.610. The second kappa shape index (κ2) is 6.36. The van der Waals surface area contributed by atoms with Gasteiger partial charge in [0.1, 0.15) is 0 Å². The molecule has 2 fully saturated rings. The number of rotatable bonds is 5. The first-order valence-corrected chi connectivity index (χ1v) is 6.99. The van der Waals surface area contributed by atoms with Crippen LogP contribution in [0.1, 0.15) is 32.6 Å². The maximum Gasteiger partial charge on any atom is 0.237 e. The summed E-state index contributed by atoms with van der Waals surface area (Å²) >= 11 is 0. The van der Waals surface area contributed by atoms with E-state index >= 15 is 0 Å². The molecule has 2 saturated heterocycles. The molecule has 2 atom stereocenters. The van der Waals surface area contributed by atoms with Crippen LogP contribution in [-0.2, 0) is 4.79 Å². The van der Waals surface area contributed by atoms with Crippen LogP contribution in [0.15, 0.2) is 0 Å². The van der Waals surface area contributed by atoms with Crippen molar-refractivity contribution in [1.29, 1.82) is 0 Å². The SMILES string of the molecule is CC(CNC(=O)[C@@H]1CCCN1)CN1CCCC1. The number of likely N-dealkylation sites (tertiary alicyclic amines) is 1. The summed E-state index contributed by atoms with van der Waals surface area (Å²) in [5.74, 6) is 0.745. The van der Waals surface area contributed by atoms with Gasteiger partial charge in [-0.05, 0) is 51.2 Å². The number of hydrogen-bond donors (Lipinski definition) is 2. The van der Waals surface area contributed by atoms with E-state index in [0.29, 0.717) is 5.92 Å². The molecule has 2 aliphatic heterocycles. The van der Waals surface area contributed by atoms with Crippen LogP contribution in [0.4, 0.5) is 0 Å². The molecule has 0 aliphatic carbocycles. The summed E-state index contributed by atoms with van der Waals surface area (Å²) in [7, 11) is 0. The molecule has 4 nitrogen and oxygen atoms in total. The van der Waals surface area contributed by atoms with Crippen molar-refractivity contribution in [3.63, 3.8) is 0 Å². The predicted molar refractivity (Wildman–Crippen MR) is 68.9 cm³/mol. The molecular formula is C13H25N3O. The first kappa shape index (κ1) is 12.8. The summed E-state index contributed by atoms with van der Waals surface area (Å²) in [6, 6.07) is 0.0639. The van der Waals surface area contributed by atoms with Crippen molar-refractivity contribution in [1.82, 2.24) is 15.5 Å². The lowest BCUT2D eigenvalue weighted by Crippen LogP contribution is -2.43. The van der Waals surface area contributed by atoms with E-state index in [4.69, 9.17) is 0 Å². The van der Waals surface area contributed by atoms with Crippen LogP contribution >= 0.6 is 0 Å². The molecule has 0 aromatic heterocycles. The highest BCUT2D eigenvalue weighted by Crippen LogP contribution is 2.10. The van der Waals surface area contributed by atoms with E-state index in [1.54, 1.807) is 0 Å². The number of nitrogens with zero attached hydrogens (tertiary/aromatic N) is 1. The minimum absolute atomic E-state index is 0.0639. The number of carbonyl (C=O) groups excluding carboxylic acids is 1. The van der Waals surface area contributed by atoms with Crippen LogP contribution in [0, 0.1) is 5.92 Å². The molecule has 98 valence electrons. The molecule has 2 N–H and O–H groups in total. The summed E-state index contributed by atoms with van der Waals surface area (Å²) in [5.41, 5.74) is 0. The fourth-order valence-corrected chi connectivity index (χ4v) is 2.78. The fraction of sp³-hybridized carbons (Fsp3) is 0.923. The highest BCUT2D eigenvalue weighted by Gasteiger charge is 2.22. The van der Waals surface area contributed by atoms with Gasteiger partial charge in [0.2, 0.25) is 5.91 Å². The summed E-state index contributed by atoms with van der Waals surface area (Å²) in [5, 5.41) is 6.30. The van der Waals surface area contributed by atoms with Crippen LogP contribution in [0.25, 0.3) is 0 Å². The first-order valence-electron chi connectivity index (χ1n) is 6.99. The lowest BCUT2D eigenvalue weighted by molar-refractivity contribution is -0.122. The summed E-state index contributed by atoms with van der Waals surface area (Å²) < 4.78 is 0. The zero-order valence-corrected chi connectivity index (χ0v) is 10.9. The predicted octanol–water partition coefficient (Wildman–Crippen LogP) is 0.587. The largest absolute Gasteiger partial charge is 0.354 e. The normalized spacial score (nSPS) is 27.2. The Bertz CT molecular complexity index is 245. The van der Waals surface area contributed by atoms with Gasteiger partial charge in [0, 0.05) is 13.1 Å². The van der Waals surface area contributed by atoms with Crippen molar-refractivity contribution in [3.8, 4) is 0 Å². The standard InChI is InChI=1S/C13H25N3O/c1-11(10-16-7-2-3-8-16)9-15-13(17)12-5-4-6-14-12/h11-12,14H,2-10H2,1H3,(H,15,17)/t11?,12-/m0/s1. The second-order valence-electron chi connectivity index (χ2n) is 5.51. The molecular weight excluding hydrogens is 214 g/mol. The zero-order valence-electron chi connectivity index (χ0n) is 10.9. The molecule has 2 rings (SSSR count). The molecule has 1 unspecified atom stereocenters. The molecule has 17 heavy (non-hydrogen) atoms. The number of amides is 1. The quantitative estimate of drug-likeness (QED) is 0.738. The van der Waals surface area contributed by atoms with Crippen LogP contribution in [0.5, 0.6) is 0 Å². The molecule has 0 radical (unpaired) electrons. The fourth-order valence-electron chi connectivity index (χ4n) is 2.78. The molecule has 0 bridgehead atoms. The van der Waals surface area contributed by atoms with Crippen molar-refractivity contribution in [3.05, 3.63) is 0 Å². The molecule has 0 aromatic carbocycles. The van der Waals surface area contributed by atoms with Crippen LogP contribution in [0.3, 0.4) is 0 Å². The minimum atomic E-state index is 0.0639. The van der Waals surface area contributed by atoms with Crippen molar-refractivity contribution in [2.45, 2.75) is 38.6 Å². The van der Waals surface area contributed by atoms with Crippen molar-refractivity contribution in [2.75, 3.05) is 32.7 Å². The van der Waals surface area contributed by atoms with Gasteiger partial charge in [-0.15, -0.1) is 0 Å². The molecule has 1 amide bonds. The van der Waals surface area contributed by atoms with Gasteiger partial charge in [0.15, 0.2) is 0 Å².